The third kappa shape index (κ3) is 2.85. The predicted octanol–water partition coefficient (Wildman–Crippen LogP) is 5.77. The summed E-state index contributed by atoms with van der Waals surface area (Å²) in [5.41, 5.74) is 3.17. The minimum Gasteiger partial charge on any atom is -0.456 e. The molecule has 3 aromatic heterocycles. The Morgan fingerprint density at radius 3 is 2.59 bits per heavy atom. The van der Waals surface area contributed by atoms with Gasteiger partial charge < -0.3 is 4.42 Å². The van der Waals surface area contributed by atoms with Crippen molar-refractivity contribution in [3.8, 4) is 11.3 Å². The van der Waals surface area contributed by atoms with Crippen LogP contribution < -0.4 is 0 Å². The number of aromatic nitrogens is 2. The van der Waals surface area contributed by atoms with Crippen LogP contribution in [0.15, 0.2) is 83.5 Å². The third-order valence-corrected chi connectivity index (χ3v) is 4.44. The fraction of sp³-hybridized carbons (Fsp3) is 0.0435. The molecule has 5 rings (SSSR count). The molecule has 4 heteroatoms. The molecule has 0 bridgehead atoms. The summed E-state index contributed by atoms with van der Waals surface area (Å²) in [6, 6.07) is 18.8. The Balaban J connectivity index is 1.78. The third-order valence-electron chi connectivity index (χ3n) is 4.44. The molecule has 0 aliphatic carbocycles. The van der Waals surface area contributed by atoms with Crippen molar-refractivity contribution in [3.05, 3.63) is 96.2 Å². The van der Waals surface area contributed by atoms with Crippen LogP contribution in [0.1, 0.15) is 14.0 Å². The van der Waals surface area contributed by atoms with Crippen LogP contribution in [0.2, 0.25) is 0 Å². The van der Waals surface area contributed by atoms with E-state index in [1.165, 1.54) is 18.3 Å². The van der Waals surface area contributed by atoms with Crippen LogP contribution in [0.25, 0.3) is 33.2 Å². The van der Waals surface area contributed by atoms with Gasteiger partial charge in [-0.1, -0.05) is 30.3 Å². The molecule has 0 saturated heterocycles. The molecule has 3 nitrogen and oxygen atoms in total. The second kappa shape index (κ2) is 6.32. The molecule has 0 amide bonds. The number of benzene rings is 2. The van der Waals surface area contributed by atoms with Gasteiger partial charge in [-0.2, -0.15) is 0 Å². The lowest BCUT2D eigenvalue weighted by Gasteiger charge is -2.04. The highest BCUT2D eigenvalue weighted by Gasteiger charge is 2.14. The molecule has 3 heterocycles. The van der Waals surface area contributed by atoms with Crippen molar-refractivity contribution < 1.29 is 11.5 Å². The summed E-state index contributed by atoms with van der Waals surface area (Å²) in [7, 11) is 0. The zero-order chi connectivity index (χ0) is 20.0. The quantitative estimate of drug-likeness (QED) is 0.412. The molecular formula is C23H15FN2O. The van der Waals surface area contributed by atoms with Crippen LogP contribution in [0.4, 0.5) is 4.39 Å². The molecule has 0 spiro atoms. The number of hydrogen-bond acceptors (Lipinski definition) is 3. The van der Waals surface area contributed by atoms with E-state index in [1.54, 1.807) is 42.6 Å². The van der Waals surface area contributed by atoms with Crippen molar-refractivity contribution in [2.45, 2.75) is 6.37 Å². The van der Waals surface area contributed by atoms with E-state index >= 15 is 0 Å². The van der Waals surface area contributed by atoms with E-state index in [9.17, 15) is 4.39 Å². The van der Waals surface area contributed by atoms with E-state index in [0.29, 0.717) is 33.2 Å². The lowest BCUT2D eigenvalue weighted by Crippen LogP contribution is -1.92. The zero-order valence-corrected chi connectivity index (χ0v) is 14.2. The normalized spacial score (nSPS) is 12.9. The van der Waals surface area contributed by atoms with Gasteiger partial charge in [0.05, 0.1) is 16.8 Å². The predicted molar refractivity (Wildman–Crippen MR) is 104 cm³/mol. The summed E-state index contributed by atoms with van der Waals surface area (Å²) in [6.07, 6.45) is 1.16. The summed E-state index contributed by atoms with van der Waals surface area (Å²) in [5.74, 6) is -0.366. The van der Waals surface area contributed by atoms with Gasteiger partial charge in [0.1, 0.15) is 17.0 Å². The highest BCUT2D eigenvalue weighted by Crippen LogP contribution is 2.34. The summed E-state index contributed by atoms with van der Waals surface area (Å²) in [4.78, 5) is 8.62. The number of rotatable bonds is 3. The summed E-state index contributed by atoms with van der Waals surface area (Å²) in [6.45, 7) is 0. The summed E-state index contributed by atoms with van der Waals surface area (Å²) in [5, 5.41) is 1.32. The van der Waals surface area contributed by atoms with E-state index in [-0.39, 0.29) is 11.5 Å². The van der Waals surface area contributed by atoms with Crippen LogP contribution in [0, 0.1) is 5.82 Å². The van der Waals surface area contributed by atoms with Gasteiger partial charge in [0, 0.05) is 38.5 Å². The van der Waals surface area contributed by atoms with Crippen LogP contribution in [-0.2, 0) is 6.37 Å². The highest BCUT2D eigenvalue weighted by molar-refractivity contribution is 6.07. The second-order valence-electron chi connectivity index (χ2n) is 6.20. The number of pyridine rings is 2. The minimum absolute atomic E-state index is 0.282. The number of fused-ring (bicyclic) bond motifs is 3. The number of furan rings is 1. The second-order valence-corrected chi connectivity index (χ2v) is 6.20. The van der Waals surface area contributed by atoms with Crippen molar-refractivity contribution in [1.29, 1.82) is 0 Å². The maximum absolute atomic E-state index is 13.6. The fourth-order valence-corrected chi connectivity index (χ4v) is 3.20. The minimum atomic E-state index is -1.81. The van der Waals surface area contributed by atoms with Crippen LogP contribution >= 0.6 is 0 Å². The maximum Gasteiger partial charge on any atom is 0.138 e. The largest absolute Gasteiger partial charge is 0.456 e. The molecule has 5 aromatic rings. The smallest absolute Gasteiger partial charge is 0.138 e. The van der Waals surface area contributed by atoms with Crippen LogP contribution in [-0.4, -0.2) is 9.97 Å². The van der Waals surface area contributed by atoms with Gasteiger partial charge in [0.15, 0.2) is 0 Å². The first kappa shape index (κ1) is 13.6. The van der Waals surface area contributed by atoms with E-state index in [4.69, 9.17) is 7.16 Å². The molecular weight excluding hydrogens is 339 g/mol. The van der Waals surface area contributed by atoms with E-state index in [2.05, 4.69) is 9.97 Å². The number of nitrogens with zero attached hydrogens (tertiary/aromatic N) is 2. The highest BCUT2D eigenvalue weighted by atomic mass is 19.1. The lowest BCUT2D eigenvalue weighted by molar-refractivity contribution is 0.626. The Hall–Kier alpha value is -3.53. The molecule has 0 aliphatic rings. The topological polar surface area (TPSA) is 38.9 Å². The maximum atomic E-state index is 13.6. The van der Waals surface area contributed by atoms with Gasteiger partial charge in [-0.25, -0.2) is 4.39 Å². The van der Waals surface area contributed by atoms with Crippen molar-refractivity contribution in [2.75, 3.05) is 0 Å². The van der Waals surface area contributed by atoms with Crippen molar-refractivity contribution in [1.82, 2.24) is 9.97 Å². The van der Waals surface area contributed by atoms with E-state index < -0.39 is 6.37 Å². The first-order valence-corrected chi connectivity index (χ1v) is 8.53. The van der Waals surface area contributed by atoms with Crippen LogP contribution in [0.3, 0.4) is 0 Å². The standard InChI is InChI=1S/C23H15FN2O/c24-17-8-10-25-19(14-17)16-6-7-21-18(13-16)23-20(26-11-9-22(23)27-21)12-15-4-2-1-3-5-15/h1-11,13-14H,12H2/i12D2. The van der Waals surface area contributed by atoms with Gasteiger partial charge >= 0.3 is 0 Å². The zero-order valence-electron chi connectivity index (χ0n) is 16.2. The average molecular weight is 356 g/mol. The summed E-state index contributed by atoms with van der Waals surface area (Å²) < 4.78 is 37.1. The Morgan fingerprint density at radius 2 is 1.74 bits per heavy atom. The van der Waals surface area contributed by atoms with E-state index in [0.717, 1.165) is 5.56 Å². The molecule has 0 atom stereocenters. The van der Waals surface area contributed by atoms with E-state index in [1.807, 2.05) is 18.2 Å². The van der Waals surface area contributed by atoms with Crippen LogP contribution in [0.5, 0.6) is 0 Å². The molecule has 27 heavy (non-hydrogen) atoms. The Morgan fingerprint density at radius 1 is 0.889 bits per heavy atom. The monoisotopic (exact) mass is 356 g/mol. The Kier molecular flexibility index (Phi) is 3.20. The molecule has 0 aliphatic heterocycles. The van der Waals surface area contributed by atoms with Gasteiger partial charge in [0.2, 0.25) is 0 Å². The number of hydrogen-bond donors (Lipinski definition) is 0. The van der Waals surface area contributed by atoms with Gasteiger partial charge in [-0.05, 0) is 35.9 Å². The molecule has 0 fully saturated rings. The first-order chi connectivity index (χ1) is 14.0. The Labute approximate surface area is 157 Å². The molecule has 0 unspecified atom stereocenters. The van der Waals surface area contributed by atoms with Gasteiger partial charge in [-0.3, -0.25) is 9.97 Å². The SMILES string of the molecule is [2H]C([2H])(c1ccccc1)c1nccc2oc3ccc(-c4cc(F)ccn4)cc3c12. The molecule has 0 radical (unpaired) electrons. The molecule has 0 saturated carbocycles. The lowest BCUT2D eigenvalue weighted by atomic mass is 10.0. The Bertz CT molecular complexity index is 1350. The fourth-order valence-electron chi connectivity index (χ4n) is 3.20. The van der Waals surface area contributed by atoms with Crippen molar-refractivity contribution in [3.63, 3.8) is 0 Å². The van der Waals surface area contributed by atoms with Gasteiger partial charge in [0.25, 0.3) is 0 Å². The molecule has 2 aromatic carbocycles. The number of halogens is 1. The summed E-state index contributed by atoms with van der Waals surface area (Å²) >= 11 is 0. The first-order valence-electron chi connectivity index (χ1n) is 9.53. The average Bonchev–Trinajstić information content (AvgIpc) is 3.12. The molecule has 0 N–H and O–H groups in total. The molecule has 130 valence electrons. The van der Waals surface area contributed by atoms with Gasteiger partial charge in [-0.15, -0.1) is 0 Å². The van der Waals surface area contributed by atoms with Crippen molar-refractivity contribution >= 4 is 21.9 Å². The van der Waals surface area contributed by atoms with Crippen molar-refractivity contribution in [2.24, 2.45) is 0 Å².